The topological polar surface area (TPSA) is 52.4 Å². The number of alkyl halides is 1. The molecular formula is C14H19Br2NO3. The van der Waals surface area contributed by atoms with Crippen LogP contribution in [0.3, 0.4) is 0 Å². The molecule has 0 N–H and O–H groups in total. The fourth-order valence-corrected chi connectivity index (χ4v) is 3.46. The average Bonchev–Trinajstić information content (AvgIpc) is 2.29. The first-order chi connectivity index (χ1) is 9.16. The van der Waals surface area contributed by atoms with Crippen LogP contribution < -0.4 is 4.74 Å². The van der Waals surface area contributed by atoms with Crippen LogP contribution in [0.4, 0.5) is 5.69 Å². The number of halogens is 2. The highest BCUT2D eigenvalue weighted by Crippen LogP contribution is 2.36. The monoisotopic (exact) mass is 407 g/mol. The summed E-state index contributed by atoms with van der Waals surface area (Å²) in [5, 5.41) is 11.9. The highest BCUT2D eigenvalue weighted by Gasteiger charge is 2.26. The molecule has 0 aliphatic heterocycles. The van der Waals surface area contributed by atoms with E-state index >= 15 is 0 Å². The fraction of sp³-hybridized carbons (Fsp3) is 0.571. The van der Waals surface area contributed by atoms with Crippen molar-refractivity contribution < 1.29 is 9.66 Å². The highest BCUT2D eigenvalue weighted by molar-refractivity contribution is 9.10. The summed E-state index contributed by atoms with van der Waals surface area (Å²) in [6, 6.07) is 3.30. The van der Waals surface area contributed by atoms with Crippen molar-refractivity contribution in [3.05, 3.63) is 32.3 Å². The number of rotatable bonds is 5. The van der Waals surface area contributed by atoms with Gasteiger partial charge in [-0.15, -0.1) is 0 Å². The van der Waals surface area contributed by atoms with E-state index in [0.717, 1.165) is 10.9 Å². The summed E-state index contributed by atoms with van der Waals surface area (Å²) >= 11 is 6.75. The summed E-state index contributed by atoms with van der Waals surface area (Å²) in [5.74, 6) is 0.624. The van der Waals surface area contributed by atoms with E-state index in [9.17, 15) is 10.1 Å². The number of hydrogen-bond acceptors (Lipinski definition) is 3. The Labute approximate surface area is 136 Å². The number of nitrogens with zero attached hydrogens (tertiary/aromatic N) is 1. The molecular weight excluding hydrogens is 390 g/mol. The third kappa shape index (κ3) is 4.45. The van der Waals surface area contributed by atoms with Gasteiger partial charge in [0.05, 0.1) is 11.5 Å². The van der Waals surface area contributed by atoms with Crippen LogP contribution in [0.2, 0.25) is 0 Å². The lowest BCUT2D eigenvalue weighted by atomic mass is 9.83. The Hall–Kier alpha value is -0.620. The van der Waals surface area contributed by atoms with Crippen LogP contribution in [0.1, 0.15) is 26.3 Å². The van der Waals surface area contributed by atoms with Gasteiger partial charge in [0.15, 0.2) is 5.75 Å². The molecule has 1 atom stereocenters. The average molecular weight is 409 g/mol. The largest absolute Gasteiger partial charge is 0.486 e. The highest BCUT2D eigenvalue weighted by atomic mass is 79.9. The molecule has 1 unspecified atom stereocenters. The van der Waals surface area contributed by atoms with Gasteiger partial charge in [-0.3, -0.25) is 10.1 Å². The van der Waals surface area contributed by atoms with E-state index in [1.807, 2.05) is 13.0 Å². The van der Waals surface area contributed by atoms with Crippen LogP contribution in [-0.4, -0.2) is 16.9 Å². The first kappa shape index (κ1) is 17.4. The molecule has 0 aliphatic rings. The standard InChI is InChI=1S/C14H19Br2NO3/c1-9-5-11(16)6-12(17(18)19)13(9)20-8-10(7-15)14(2,3)4/h5-6,10H,7-8H2,1-4H3. The second-order valence-corrected chi connectivity index (χ2v) is 7.42. The lowest BCUT2D eigenvalue weighted by Gasteiger charge is -2.29. The summed E-state index contributed by atoms with van der Waals surface area (Å²) < 4.78 is 6.45. The molecule has 112 valence electrons. The third-order valence-electron chi connectivity index (χ3n) is 3.26. The molecule has 0 heterocycles. The molecule has 1 aromatic rings. The molecule has 1 rings (SSSR count). The summed E-state index contributed by atoms with van der Waals surface area (Å²) in [7, 11) is 0. The summed E-state index contributed by atoms with van der Waals surface area (Å²) in [4.78, 5) is 10.7. The minimum atomic E-state index is -0.409. The van der Waals surface area contributed by atoms with Gasteiger partial charge in [-0.05, 0) is 24.0 Å². The van der Waals surface area contributed by atoms with Gasteiger partial charge < -0.3 is 4.74 Å². The number of nitro benzene ring substituents is 1. The van der Waals surface area contributed by atoms with Crippen molar-refractivity contribution in [2.45, 2.75) is 27.7 Å². The number of aryl methyl sites for hydroxylation is 1. The molecule has 0 bridgehead atoms. The molecule has 0 saturated carbocycles. The van der Waals surface area contributed by atoms with Crippen molar-refractivity contribution in [2.75, 3.05) is 11.9 Å². The molecule has 6 heteroatoms. The van der Waals surface area contributed by atoms with Gasteiger partial charge in [0, 0.05) is 21.8 Å². The lowest BCUT2D eigenvalue weighted by molar-refractivity contribution is -0.386. The van der Waals surface area contributed by atoms with Crippen molar-refractivity contribution in [1.29, 1.82) is 0 Å². The lowest BCUT2D eigenvalue weighted by Crippen LogP contribution is -2.28. The van der Waals surface area contributed by atoms with Gasteiger partial charge in [-0.2, -0.15) is 0 Å². The van der Waals surface area contributed by atoms with Crippen molar-refractivity contribution in [1.82, 2.24) is 0 Å². The van der Waals surface area contributed by atoms with E-state index in [4.69, 9.17) is 4.74 Å². The fourth-order valence-electron chi connectivity index (χ4n) is 1.75. The van der Waals surface area contributed by atoms with Crippen molar-refractivity contribution in [2.24, 2.45) is 11.3 Å². The summed E-state index contributed by atoms with van der Waals surface area (Å²) in [6.07, 6.45) is 0. The smallest absolute Gasteiger partial charge is 0.312 e. The number of nitro groups is 1. The summed E-state index contributed by atoms with van der Waals surface area (Å²) in [6.45, 7) is 8.65. The third-order valence-corrected chi connectivity index (χ3v) is 4.50. The van der Waals surface area contributed by atoms with Crippen LogP contribution in [0, 0.1) is 28.4 Å². The predicted molar refractivity (Wildman–Crippen MR) is 87.8 cm³/mol. The van der Waals surface area contributed by atoms with E-state index in [1.165, 1.54) is 6.07 Å². The van der Waals surface area contributed by atoms with Gasteiger partial charge >= 0.3 is 5.69 Å². The zero-order chi connectivity index (χ0) is 15.5. The predicted octanol–water partition coefficient (Wildman–Crippen LogP) is 5.10. The Kier molecular flexibility index (Phi) is 6.01. The maximum atomic E-state index is 11.1. The number of hydrogen-bond donors (Lipinski definition) is 0. The Bertz CT molecular complexity index is 498. The van der Waals surface area contributed by atoms with E-state index in [1.54, 1.807) is 0 Å². The molecule has 0 amide bonds. The zero-order valence-corrected chi connectivity index (χ0v) is 15.2. The van der Waals surface area contributed by atoms with Crippen LogP contribution in [-0.2, 0) is 0 Å². The quantitative estimate of drug-likeness (QED) is 0.386. The van der Waals surface area contributed by atoms with E-state index in [2.05, 4.69) is 52.6 Å². The maximum absolute atomic E-state index is 11.1. The SMILES string of the molecule is Cc1cc(Br)cc([N+](=O)[O-])c1OCC(CBr)C(C)(C)C. The summed E-state index contributed by atoms with van der Waals surface area (Å²) in [5.41, 5.74) is 0.828. The van der Waals surface area contributed by atoms with E-state index < -0.39 is 4.92 Å². The number of ether oxygens (including phenoxy) is 1. The molecule has 0 aromatic heterocycles. The molecule has 0 spiro atoms. The van der Waals surface area contributed by atoms with Gasteiger partial charge in [0.1, 0.15) is 0 Å². The molecule has 20 heavy (non-hydrogen) atoms. The van der Waals surface area contributed by atoms with E-state index in [0.29, 0.717) is 16.8 Å². The minimum Gasteiger partial charge on any atom is -0.486 e. The first-order valence-corrected chi connectivity index (χ1v) is 8.21. The molecule has 0 radical (unpaired) electrons. The van der Waals surface area contributed by atoms with Gasteiger partial charge in [-0.1, -0.05) is 52.6 Å². The molecule has 1 aromatic carbocycles. The number of benzene rings is 1. The van der Waals surface area contributed by atoms with Crippen molar-refractivity contribution in [3.63, 3.8) is 0 Å². The minimum absolute atomic E-state index is 0.000827. The van der Waals surface area contributed by atoms with Crippen molar-refractivity contribution >= 4 is 37.5 Å². The molecule has 4 nitrogen and oxygen atoms in total. The van der Waals surface area contributed by atoms with Crippen LogP contribution in [0.5, 0.6) is 5.75 Å². The van der Waals surface area contributed by atoms with Gasteiger partial charge in [-0.25, -0.2) is 0 Å². The Balaban J connectivity index is 3.01. The Morgan fingerprint density at radius 1 is 1.40 bits per heavy atom. The van der Waals surface area contributed by atoms with Crippen LogP contribution in [0.25, 0.3) is 0 Å². The normalized spacial score (nSPS) is 13.1. The van der Waals surface area contributed by atoms with E-state index in [-0.39, 0.29) is 17.0 Å². The molecule has 0 aliphatic carbocycles. The first-order valence-electron chi connectivity index (χ1n) is 6.30. The van der Waals surface area contributed by atoms with Gasteiger partial charge in [0.2, 0.25) is 0 Å². The Morgan fingerprint density at radius 3 is 2.45 bits per heavy atom. The van der Waals surface area contributed by atoms with Gasteiger partial charge in [0.25, 0.3) is 0 Å². The maximum Gasteiger partial charge on any atom is 0.312 e. The van der Waals surface area contributed by atoms with Crippen LogP contribution in [0.15, 0.2) is 16.6 Å². The Morgan fingerprint density at radius 2 is 2.00 bits per heavy atom. The van der Waals surface area contributed by atoms with Crippen molar-refractivity contribution in [3.8, 4) is 5.75 Å². The molecule has 0 saturated heterocycles. The second kappa shape index (κ2) is 6.89. The second-order valence-electron chi connectivity index (χ2n) is 5.86. The van der Waals surface area contributed by atoms with Crippen LogP contribution >= 0.6 is 31.9 Å². The zero-order valence-electron chi connectivity index (χ0n) is 12.1. The molecule has 0 fully saturated rings.